The summed E-state index contributed by atoms with van der Waals surface area (Å²) in [5.74, 6) is 1.64. The van der Waals surface area contributed by atoms with E-state index in [2.05, 4.69) is 15.0 Å². The summed E-state index contributed by atoms with van der Waals surface area (Å²) >= 11 is 0. The van der Waals surface area contributed by atoms with Crippen molar-refractivity contribution in [1.29, 1.82) is 0 Å². The SMILES string of the molecule is Cc1ncc(-c2onc(C)c2C)c([C@H]2CCCN2C(=O)CN2CCCCCC2)n1. The van der Waals surface area contributed by atoms with Gasteiger partial charge in [-0.05, 0) is 59.5 Å². The summed E-state index contributed by atoms with van der Waals surface area (Å²) in [7, 11) is 0. The van der Waals surface area contributed by atoms with Crippen molar-refractivity contribution < 1.29 is 9.32 Å². The van der Waals surface area contributed by atoms with Crippen LogP contribution in [0.2, 0.25) is 0 Å². The fourth-order valence-electron chi connectivity index (χ4n) is 4.51. The summed E-state index contributed by atoms with van der Waals surface area (Å²) in [5, 5.41) is 4.11. The monoisotopic (exact) mass is 397 g/mol. The molecule has 2 aromatic rings. The van der Waals surface area contributed by atoms with Gasteiger partial charge in [-0.2, -0.15) is 0 Å². The van der Waals surface area contributed by atoms with E-state index in [-0.39, 0.29) is 11.9 Å². The van der Waals surface area contributed by atoms with Crippen LogP contribution in [0.25, 0.3) is 11.3 Å². The number of aryl methyl sites for hydroxylation is 2. The minimum absolute atomic E-state index is 0.0315. The molecular weight excluding hydrogens is 366 g/mol. The number of hydrogen-bond acceptors (Lipinski definition) is 6. The van der Waals surface area contributed by atoms with Crippen molar-refractivity contribution in [2.75, 3.05) is 26.2 Å². The molecule has 0 bridgehead atoms. The maximum atomic E-state index is 13.2. The third kappa shape index (κ3) is 4.20. The number of aromatic nitrogens is 3. The van der Waals surface area contributed by atoms with Gasteiger partial charge in [0.25, 0.3) is 0 Å². The van der Waals surface area contributed by atoms with E-state index in [0.29, 0.717) is 18.1 Å². The van der Waals surface area contributed by atoms with E-state index < -0.39 is 0 Å². The third-order valence-corrected chi connectivity index (χ3v) is 6.29. The van der Waals surface area contributed by atoms with Crippen LogP contribution in [0.1, 0.15) is 67.3 Å². The smallest absolute Gasteiger partial charge is 0.237 e. The highest BCUT2D eigenvalue weighted by molar-refractivity contribution is 5.79. The van der Waals surface area contributed by atoms with Crippen LogP contribution >= 0.6 is 0 Å². The molecule has 2 aliphatic heterocycles. The van der Waals surface area contributed by atoms with Gasteiger partial charge in [-0.15, -0.1) is 0 Å². The molecule has 2 saturated heterocycles. The molecule has 2 aliphatic rings. The van der Waals surface area contributed by atoms with Crippen LogP contribution in [-0.2, 0) is 4.79 Å². The number of carbonyl (C=O) groups is 1. The first kappa shape index (κ1) is 20.0. The van der Waals surface area contributed by atoms with Gasteiger partial charge in [0.15, 0.2) is 5.76 Å². The van der Waals surface area contributed by atoms with Gasteiger partial charge >= 0.3 is 0 Å². The zero-order chi connectivity index (χ0) is 20.4. The Bertz CT molecular complexity index is 870. The van der Waals surface area contributed by atoms with E-state index in [0.717, 1.165) is 55.0 Å². The van der Waals surface area contributed by atoms with E-state index in [1.165, 1.54) is 25.7 Å². The normalized spacial score (nSPS) is 20.8. The minimum Gasteiger partial charge on any atom is -0.356 e. The number of amides is 1. The Morgan fingerprint density at radius 3 is 2.55 bits per heavy atom. The molecule has 4 rings (SSSR count). The maximum Gasteiger partial charge on any atom is 0.237 e. The molecule has 2 fully saturated rings. The molecule has 29 heavy (non-hydrogen) atoms. The minimum atomic E-state index is -0.0315. The van der Waals surface area contributed by atoms with E-state index in [1.54, 1.807) is 0 Å². The first-order chi connectivity index (χ1) is 14.0. The van der Waals surface area contributed by atoms with Crippen molar-refractivity contribution >= 4 is 5.91 Å². The standard InChI is InChI=1S/C22H31N5O2/c1-15-16(2)25-29-22(15)18-13-23-17(3)24-21(18)19-9-8-12-27(19)20(28)14-26-10-6-4-5-7-11-26/h13,19H,4-12,14H2,1-3H3/t19-/m1/s1. The summed E-state index contributed by atoms with van der Waals surface area (Å²) in [6.45, 7) is 9.18. The lowest BCUT2D eigenvalue weighted by Gasteiger charge is -2.28. The topological polar surface area (TPSA) is 75.4 Å². The Hall–Kier alpha value is -2.28. The Balaban J connectivity index is 1.60. The quantitative estimate of drug-likeness (QED) is 0.785. The first-order valence-electron chi connectivity index (χ1n) is 10.8. The van der Waals surface area contributed by atoms with Crippen molar-refractivity contribution in [3.8, 4) is 11.3 Å². The van der Waals surface area contributed by atoms with Crippen molar-refractivity contribution in [3.05, 3.63) is 29.0 Å². The molecule has 0 N–H and O–H groups in total. The summed E-state index contributed by atoms with van der Waals surface area (Å²) < 4.78 is 5.61. The van der Waals surface area contributed by atoms with Crippen LogP contribution in [0.4, 0.5) is 0 Å². The lowest BCUT2D eigenvalue weighted by molar-refractivity contribution is -0.133. The number of rotatable bonds is 4. The van der Waals surface area contributed by atoms with Gasteiger partial charge in [-0.3, -0.25) is 9.69 Å². The fourth-order valence-corrected chi connectivity index (χ4v) is 4.51. The largest absolute Gasteiger partial charge is 0.356 e. The molecule has 156 valence electrons. The van der Waals surface area contributed by atoms with Crippen molar-refractivity contribution in [1.82, 2.24) is 24.9 Å². The van der Waals surface area contributed by atoms with Crippen molar-refractivity contribution in [2.45, 2.75) is 65.3 Å². The summed E-state index contributed by atoms with van der Waals surface area (Å²) in [5.41, 5.74) is 3.61. The van der Waals surface area contributed by atoms with Crippen LogP contribution < -0.4 is 0 Å². The van der Waals surface area contributed by atoms with Crippen LogP contribution in [0, 0.1) is 20.8 Å². The summed E-state index contributed by atoms with van der Waals surface area (Å²) in [6, 6.07) is -0.0315. The van der Waals surface area contributed by atoms with E-state index in [4.69, 9.17) is 9.51 Å². The molecule has 7 heteroatoms. The van der Waals surface area contributed by atoms with Gasteiger partial charge < -0.3 is 9.42 Å². The lowest BCUT2D eigenvalue weighted by atomic mass is 10.0. The van der Waals surface area contributed by atoms with Crippen LogP contribution in [0.5, 0.6) is 0 Å². The Kier molecular flexibility index (Phi) is 5.94. The zero-order valence-electron chi connectivity index (χ0n) is 17.8. The number of likely N-dealkylation sites (tertiary alicyclic amines) is 2. The predicted octanol–water partition coefficient (Wildman–Crippen LogP) is 3.60. The second kappa shape index (κ2) is 8.61. The average Bonchev–Trinajstić information content (AvgIpc) is 3.23. The van der Waals surface area contributed by atoms with E-state index in [1.807, 2.05) is 31.9 Å². The van der Waals surface area contributed by atoms with Gasteiger partial charge in [0.1, 0.15) is 5.82 Å². The first-order valence-corrected chi connectivity index (χ1v) is 10.8. The Morgan fingerprint density at radius 2 is 1.86 bits per heavy atom. The van der Waals surface area contributed by atoms with Gasteiger partial charge in [-0.1, -0.05) is 18.0 Å². The number of nitrogens with zero attached hydrogens (tertiary/aromatic N) is 5. The molecule has 0 unspecified atom stereocenters. The molecular formula is C22H31N5O2. The second-order valence-corrected chi connectivity index (χ2v) is 8.37. The van der Waals surface area contributed by atoms with Gasteiger partial charge in [0, 0.05) is 18.3 Å². The molecule has 4 heterocycles. The molecule has 1 amide bonds. The van der Waals surface area contributed by atoms with Gasteiger partial charge in [0.2, 0.25) is 5.91 Å². The fraction of sp³-hybridized carbons (Fsp3) is 0.636. The summed E-state index contributed by atoms with van der Waals surface area (Å²) in [6.07, 6.45) is 8.66. The highest BCUT2D eigenvalue weighted by Crippen LogP contribution is 2.38. The number of carbonyl (C=O) groups excluding carboxylic acids is 1. The molecule has 0 spiro atoms. The highest BCUT2D eigenvalue weighted by Gasteiger charge is 2.34. The molecule has 0 saturated carbocycles. The Morgan fingerprint density at radius 1 is 1.10 bits per heavy atom. The predicted molar refractivity (Wildman–Crippen MR) is 110 cm³/mol. The van der Waals surface area contributed by atoms with E-state index in [9.17, 15) is 4.79 Å². The molecule has 0 radical (unpaired) electrons. The molecule has 7 nitrogen and oxygen atoms in total. The molecule has 1 atom stereocenters. The summed E-state index contributed by atoms with van der Waals surface area (Å²) in [4.78, 5) is 26.7. The van der Waals surface area contributed by atoms with Gasteiger partial charge in [-0.25, -0.2) is 9.97 Å². The third-order valence-electron chi connectivity index (χ3n) is 6.29. The van der Waals surface area contributed by atoms with Crippen molar-refractivity contribution in [3.63, 3.8) is 0 Å². The van der Waals surface area contributed by atoms with E-state index >= 15 is 0 Å². The second-order valence-electron chi connectivity index (χ2n) is 8.37. The number of hydrogen-bond donors (Lipinski definition) is 0. The Labute approximate surface area is 172 Å². The highest BCUT2D eigenvalue weighted by atomic mass is 16.5. The van der Waals surface area contributed by atoms with Gasteiger partial charge in [0.05, 0.1) is 29.5 Å². The van der Waals surface area contributed by atoms with Crippen LogP contribution in [0.15, 0.2) is 10.7 Å². The lowest BCUT2D eigenvalue weighted by Crippen LogP contribution is -2.40. The van der Waals surface area contributed by atoms with Crippen LogP contribution in [0.3, 0.4) is 0 Å². The molecule has 2 aromatic heterocycles. The van der Waals surface area contributed by atoms with Crippen molar-refractivity contribution in [2.24, 2.45) is 0 Å². The molecule has 0 aromatic carbocycles. The zero-order valence-corrected chi connectivity index (χ0v) is 17.8. The average molecular weight is 398 g/mol. The molecule has 0 aliphatic carbocycles. The maximum absolute atomic E-state index is 13.2. The van der Waals surface area contributed by atoms with Crippen LogP contribution in [-0.4, -0.2) is 57.0 Å².